The number of ether oxygens (including phenoxy) is 1. The molecule has 1 heterocycles. The molecule has 1 aliphatic heterocycles. The summed E-state index contributed by atoms with van der Waals surface area (Å²) in [5.41, 5.74) is 2.56. The lowest BCUT2D eigenvalue weighted by atomic mass is 9.98. The first-order valence-electron chi connectivity index (χ1n) is 4.66. The van der Waals surface area contributed by atoms with Gasteiger partial charge in [-0.05, 0) is 18.6 Å². The van der Waals surface area contributed by atoms with Crippen molar-refractivity contribution in [3.63, 3.8) is 0 Å². The van der Waals surface area contributed by atoms with Crippen LogP contribution >= 0.6 is 0 Å². The van der Waals surface area contributed by atoms with E-state index in [0.29, 0.717) is 5.92 Å². The van der Waals surface area contributed by atoms with Crippen LogP contribution in [0.25, 0.3) is 0 Å². The smallest absolute Gasteiger partial charge is 0.129 e. The van der Waals surface area contributed by atoms with Crippen LogP contribution in [-0.4, -0.2) is 0 Å². The topological polar surface area (TPSA) is 9.23 Å². The zero-order chi connectivity index (χ0) is 9.26. The highest BCUT2D eigenvalue weighted by molar-refractivity contribution is 5.25. The van der Waals surface area contributed by atoms with Crippen molar-refractivity contribution in [2.75, 3.05) is 0 Å². The van der Waals surface area contributed by atoms with E-state index in [4.69, 9.17) is 4.74 Å². The van der Waals surface area contributed by atoms with Crippen molar-refractivity contribution in [1.82, 2.24) is 0 Å². The Morgan fingerprint density at radius 3 is 2.38 bits per heavy atom. The summed E-state index contributed by atoms with van der Waals surface area (Å²) in [5.74, 6) is 0.489. The zero-order valence-corrected chi connectivity index (χ0v) is 8.03. The maximum Gasteiger partial charge on any atom is 0.129 e. The van der Waals surface area contributed by atoms with Gasteiger partial charge in [0.1, 0.15) is 6.10 Å². The molecule has 0 saturated carbocycles. The van der Waals surface area contributed by atoms with Gasteiger partial charge in [-0.25, -0.2) is 0 Å². The summed E-state index contributed by atoms with van der Waals surface area (Å²) in [6.45, 7) is 4.27. The molecule has 0 unspecified atom stereocenters. The number of aryl methyl sites for hydroxylation is 1. The molecular weight excluding hydrogens is 160 g/mol. The molecule has 68 valence electrons. The molecule has 1 aromatic carbocycles. The first-order chi connectivity index (χ1) is 6.27. The number of rotatable bonds is 1. The van der Waals surface area contributed by atoms with Crippen LogP contribution in [0.1, 0.15) is 24.2 Å². The Hall–Kier alpha value is -1.24. The molecule has 1 aromatic rings. The third-order valence-corrected chi connectivity index (χ3v) is 2.49. The number of hydrogen-bond donors (Lipinski definition) is 0. The summed E-state index contributed by atoms with van der Waals surface area (Å²) in [5, 5.41) is 0. The summed E-state index contributed by atoms with van der Waals surface area (Å²) in [4.78, 5) is 0. The molecule has 0 amide bonds. The largest absolute Gasteiger partial charge is 0.493 e. The highest BCUT2D eigenvalue weighted by Gasteiger charge is 2.21. The molecule has 2 atom stereocenters. The van der Waals surface area contributed by atoms with Crippen molar-refractivity contribution in [2.24, 2.45) is 5.92 Å². The van der Waals surface area contributed by atoms with Gasteiger partial charge in [-0.1, -0.05) is 36.8 Å². The van der Waals surface area contributed by atoms with Crippen LogP contribution in [0.5, 0.6) is 0 Å². The summed E-state index contributed by atoms with van der Waals surface area (Å²) in [6.07, 6.45) is 4.13. The quantitative estimate of drug-likeness (QED) is 0.635. The highest BCUT2D eigenvalue weighted by atomic mass is 16.5. The first kappa shape index (κ1) is 8.36. The van der Waals surface area contributed by atoms with Crippen molar-refractivity contribution in [1.29, 1.82) is 0 Å². The predicted octanol–water partition coefficient (Wildman–Crippen LogP) is 3.22. The second-order valence-electron chi connectivity index (χ2n) is 3.66. The molecule has 2 rings (SSSR count). The van der Waals surface area contributed by atoms with Gasteiger partial charge in [-0.15, -0.1) is 0 Å². The highest BCUT2D eigenvalue weighted by Crippen LogP contribution is 2.31. The minimum Gasteiger partial charge on any atom is -0.493 e. The average Bonchev–Trinajstić information content (AvgIpc) is 2.53. The van der Waals surface area contributed by atoms with E-state index in [-0.39, 0.29) is 6.10 Å². The van der Waals surface area contributed by atoms with E-state index in [1.165, 1.54) is 11.1 Å². The monoisotopic (exact) mass is 174 g/mol. The third kappa shape index (κ3) is 1.59. The summed E-state index contributed by atoms with van der Waals surface area (Å²) in [7, 11) is 0. The van der Waals surface area contributed by atoms with Crippen LogP contribution in [0.2, 0.25) is 0 Å². The van der Waals surface area contributed by atoms with E-state index in [9.17, 15) is 0 Å². The predicted molar refractivity (Wildman–Crippen MR) is 53.3 cm³/mol. The Morgan fingerprint density at radius 2 is 1.85 bits per heavy atom. The Labute approximate surface area is 79.0 Å². The van der Waals surface area contributed by atoms with Gasteiger partial charge in [-0.3, -0.25) is 0 Å². The minimum absolute atomic E-state index is 0.223. The second kappa shape index (κ2) is 3.25. The van der Waals surface area contributed by atoms with Crippen LogP contribution in [0.15, 0.2) is 36.6 Å². The van der Waals surface area contributed by atoms with Gasteiger partial charge in [0, 0.05) is 5.92 Å². The van der Waals surface area contributed by atoms with E-state index >= 15 is 0 Å². The molecule has 0 N–H and O–H groups in total. The van der Waals surface area contributed by atoms with E-state index in [2.05, 4.69) is 44.2 Å². The van der Waals surface area contributed by atoms with E-state index < -0.39 is 0 Å². The summed E-state index contributed by atoms with van der Waals surface area (Å²) >= 11 is 0. The van der Waals surface area contributed by atoms with Crippen LogP contribution in [0.3, 0.4) is 0 Å². The van der Waals surface area contributed by atoms with E-state index in [1.807, 2.05) is 0 Å². The van der Waals surface area contributed by atoms with Crippen molar-refractivity contribution in [2.45, 2.75) is 20.0 Å². The fourth-order valence-corrected chi connectivity index (χ4v) is 1.62. The van der Waals surface area contributed by atoms with Gasteiger partial charge in [0.2, 0.25) is 0 Å². The summed E-state index contributed by atoms with van der Waals surface area (Å²) in [6, 6.07) is 8.54. The third-order valence-electron chi connectivity index (χ3n) is 2.49. The molecule has 1 nitrogen and oxygen atoms in total. The zero-order valence-electron chi connectivity index (χ0n) is 8.03. The number of benzene rings is 1. The van der Waals surface area contributed by atoms with Crippen molar-refractivity contribution in [3.8, 4) is 0 Å². The molecule has 0 aliphatic carbocycles. The van der Waals surface area contributed by atoms with Crippen LogP contribution in [0, 0.1) is 12.8 Å². The van der Waals surface area contributed by atoms with Crippen molar-refractivity contribution >= 4 is 0 Å². The fraction of sp³-hybridized carbons (Fsp3) is 0.333. The van der Waals surface area contributed by atoms with Crippen LogP contribution in [-0.2, 0) is 4.74 Å². The van der Waals surface area contributed by atoms with Gasteiger partial charge in [0.25, 0.3) is 0 Å². The van der Waals surface area contributed by atoms with Gasteiger partial charge in [0.15, 0.2) is 0 Å². The molecule has 0 radical (unpaired) electrons. The minimum atomic E-state index is 0.223. The lowest BCUT2D eigenvalue weighted by Crippen LogP contribution is -2.03. The Morgan fingerprint density at radius 1 is 1.15 bits per heavy atom. The van der Waals surface area contributed by atoms with Crippen LogP contribution < -0.4 is 0 Å². The lowest BCUT2D eigenvalue weighted by molar-refractivity contribution is 0.142. The molecule has 0 bridgehead atoms. The van der Waals surface area contributed by atoms with Crippen LogP contribution in [0.4, 0.5) is 0 Å². The molecule has 0 saturated heterocycles. The molecule has 1 aliphatic rings. The summed E-state index contributed by atoms with van der Waals surface area (Å²) < 4.78 is 5.51. The molecule has 0 fully saturated rings. The Kier molecular flexibility index (Phi) is 2.09. The van der Waals surface area contributed by atoms with Crippen molar-refractivity contribution < 1.29 is 4.74 Å². The normalized spacial score (nSPS) is 26.0. The maximum atomic E-state index is 5.51. The molecule has 13 heavy (non-hydrogen) atoms. The molecular formula is C12H14O. The molecule has 1 heteroatoms. The maximum absolute atomic E-state index is 5.51. The Balaban J connectivity index is 2.21. The van der Waals surface area contributed by atoms with Gasteiger partial charge < -0.3 is 4.74 Å². The SMILES string of the molecule is Cc1ccc([C@H]2OC=C[C@@H]2C)cc1. The number of hydrogen-bond acceptors (Lipinski definition) is 1. The van der Waals surface area contributed by atoms with E-state index in [1.54, 1.807) is 6.26 Å². The average molecular weight is 174 g/mol. The fourth-order valence-electron chi connectivity index (χ4n) is 1.62. The Bertz CT molecular complexity index is 310. The van der Waals surface area contributed by atoms with Gasteiger partial charge in [-0.2, -0.15) is 0 Å². The first-order valence-corrected chi connectivity index (χ1v) is 4.66. The standard InChI is InChI=1S/C12H14O/c1-9-3-5-11(6-4-9)12-10(2)7-8-13-12/h3-8,10,12H,1-2H3/t10-,12-/m0/s1. The lowest BCUT2D eigenvalue weighted by Gasteiger charge is -2.15. The molecule has 0 aromatic heterocycles. The van der Waals surface area contributed by atoms with Gasteiger partial charge in [0.05, 0.1) is 6.26 Å². The second-order valence-corrected chi connectivity index (χ2v) is 3.66. The van der Waals surface area contributed by atoms with Gasteiger partial charge >= 0.3 is 0 Å². The van der Waals surface area contributed by atoms with Crippen molar-refractivity contribution in [3.05, 3.63) is 47.7 Å². The van der Waals surface area contributed by atoms with E-state index in [0.717, 1.165) is 0 Å². The molecule has 0 spiro atoms.